The fourth-order valence-corrected chi connectivity index (χ4v) is 4.65. The maximum atomic E-state index is 12.9. The highest BCUT2D eigenvalue weighted by Gasteiger charge is 2.36. The van der Waals surface area contributed by atoms with E-state index < -0.39 is 0 Å². The summed E-state index contributed by atoms with van der Waals surface area (Å²) in [5, 5.41) is 0. The zero-order valence-corrected chi connectivity index (χ0v) is 20.2. The van der Waals surface area contributed by atoms with Crippen molar-refractivity contribution in [3.8, 4) is 5.75 Å². The zero-order valence-electron chi connectivity index (χ0n) is 20.2. The maximum absolute atomic E-state index is 12.9. The summed E-state index contributed by atoms with van der Waals surface area (Å²) in [6.45, 7) is 11.7. The topological polar surface area (TPSA) is 29.5 Å². The van der Waals surface area contributed by atoms with E-state index in [-0.39, 0.29) is 11.3 Å². The van der Waals surface area contributed by atoms with Gasteiger partial charge in [-0.25, -0.2) is 0 Å². The van der Waals surface area contributed by atoms with E-state index in [9.17, 15) is 4.79 Å². The standard InChI is InChI=1S/C28H39NO2/c1-20(2)29-19-27(30)23(9-7-8-21-10-16-25(31-6)17-11-21)18-26(29)22-12-14-24(15-13-22)28(3,4)5/h10-17,20,23,26H,7-9,18-19H2,1-6H3. The van der Waals surface area contributed by atoms with Crippen LogP contribution in [0.5, 0.6) is 5.75 Å². The summed E-state index contributed by atoms with van der Waals surface area (Å²) in [6.07, 6.45) is 3.94. The highest BCUT2D eigenvalue weighted by Crippen LogP contribution is 2.37. The van der Waals surface area contributed by atoms with Gasteiger partial charge in [0.1, 0.15) is 11.5 Å². The second-order valence-electron chi connectivity index (χ2n) is 10.3. The molecule has 0 N–H and O–H groups in total. The van der Waals surface area contributed by atoms with E-state index in [4.69, 9.17) is 4.74 Å². The van der Waals surface area contributed by atoms with Crippen molar-refractivity contribution in [2.24, 2.45) is 5.92 Å². The number of methoxy groups -OCH3 is 1. The van der Waals surface area contributed by atoms with E-state index in [0.29, 0.717) is 24.4 Å². The van der Waals surface area contributed by atoms with Crippen molar-refractivity contribution in [3.05, 3.63) is 65.2 Å². The van der Waals surface area contributed by atoms with Crippen LogP contribution in [0.3, 0.4) is 0 Å². The van der Waals surface area contributed by atoms with Crippen LogP contribution < -0.4 is 4.74 Å². The molecule has 3 rings (SSSR count). The first-order chi connectivity index (χ1) is 14.7. The molecule has 0 amide bonds. The zero-order chi connectivity index (χ0) is 22.6. The van der Waals surface area contributed by atoms with E-state index in [1.807, 2.05) is 12.1 Å². The van der Waals surface area contributed by atoms with Crippen LogP contribution in [0.1, 0.15) is 76.6 Å². The molecule has 0 aromatic heterocycles. The van der Waals surface area contributed by atoms with Gasteiger partial charge in [-0.3, -0.25) is 9.69 Å². The van der Waals surface area contributed by atoms with E-state index in [0.717, 1.165) is 31.4 Å². The number of hydrogen-bond acceptors (Lipinski definition) is 3. The molecule has 0 radical (unpaired) electrons. The second-order valence-corrected chi connectivity index (χ2v) is 10.3. The van der Waals surface area contributed by atoms with Crippen molar-refractivity contribution < 1.29 is 9.53 Å². The van der Waals surface area contributed by atoms with Gasteiger partial charge >= 0.3 is 0 Å². The quantitative estimate of drug-likeness (QED) is 0.521. The molecule has 3 nitrogen and oxygen atoms in total. The average Bonchev–Trinajstić information content (AvgIpc) is 2.74. The van der Waals surface area contributed by atoms with E-state index in [2.05, 4.69) is 75.9 Å². The minimum Gasteiger partial charge on any atom is -0.497 e. The Labute approximate surface area is 188 Å². The van der Waals surface area contributed by atoms with Gasteiger partial charge in [0.05, 0.1) is 13.7 Å². The summed E-state index contributed by atoms with van der Waals surface area (Å²) in [4.78, 5) is 15.3. The van der Waals surface area contributed by atoms with Gasteiger partial charge in [0, 0.05) is 18.0 Å². The molecule has 31 heavy (non-hydrogen) atoms. The molecule has 0 saturated carbocycles. The number of aryl methyl sites for hydroxylation is 1. The average molecular weight is 422 g/mol. The minimum atomic E-state index is 0.153. The summed E-state index contributed by atoms with van der Waals surface area (Å²) in [7, 11) is 1.69. The Morgan fingerprint density at radius 3 is 2.23 bits per heavy atom. The molecule has 0 spiro atoms. The third kappa shape index (κ3) is 5.98. The third-order valence-corrected chi connectivity index (χ3v) is 6.70. The fraction of sp³-hybridized carbons (Fsp3) is 0.536. The molecule has 168 valence electrons. The molecule has 0 aliphatic carbocycles. The summed E-state index contributed by atoms with van der Waals surface area (Å²) in [5.41, 5.74) is 4.16. The number of ether oxygens (including phenoxy) is 1. The predicted octanol–water partition coefficient (Wildman–Crippen LogP) is 6.36. The van der Waals surface area contributed by atoms with Gasteiger partial charge in [0.2, 0.25) is 0 Å². The Bertz CT molecular complexity index is 846. The predicted molar refractivity (Wildman–Crippen MR) is 129 cm³/mol. The summed E-state index contributed by atoms with van der Waals surface area (Å²) >= 11 is 0. The van der Waals surface area contributed by atoms with Gasteiger partial charge in [-0.15, -0.1) is 0 Å². The third-order valence-electron chi connectivity index (χ3n) is 6.70. The Kier molecular flexibility index (Phi) is 7.59. The number of carbonyl (C=O) groups excluding carboxylic acids is 1. The lowest BCUT2D eigenvalue weighted by atomic mass is 9.81. The van der Waals surface area contributed by atoms with E-state index in [1.165, 1.54) is 16.7 Å². The SMILES string of the molecule is COc1ccc(CCCC2CC(c3ccc(C(C)(C)C)cc3)N(C(C)C)CC2=O)cc1. The lowest BCUT2D eigenvalue weighted by Gasteiger charge is -2.41. The van der Waals surface area contributed by atoms with Crippen LogP contribution in [0.2, 0.25) is 0 Å². The number of benzene rings is 2. The van der Waals surface area contributed by atoms with Crippen LogP contribution in [-0.2, 0) is 16.6 Å². The highest BCUT2D eigenvalue weighted by atomic mass is 16.5. The largest absolute Gasteiger partial charge is 0.497 e. The van der Waals surface area contributed by atoms with Crippen LogP contribution in [0.25, 0.3) is 0 Å². The number of rotatable bonds is 7. The molecular formula is C28H39NO2. The van der Waals surface area contributed by atoms with Gasteiger partial charge in [-0.1, -0.05) is 57.2 Å². The Hall–Kier alpha value is -2.13. The molecule has 1 aliphatic heterocycles. The van der Waals surface area contributed by atoms with Crippen molar-refractivity contribution in [1.82, 2.24) is 4.90 Å². The number of likely N-dealkylation sites (tertiary alicyclic amines) is 1. The molecule has 2 aromatic rings. The van der Waals surface area contributed by atoms with Crippen LogP contribution in [0.4, 0.5) is 0 Å². The van der Waals surface area contributed by atoms with Crippen LogP contribution in [0.15, 0.2) is 48.5 Å². The van der Waals surface area contributed by atoms with Crippen molar-refractivity contribution in [3.63, 3.8) is 0 Å². The molecular weight excluding hydrogens is 382 g/mol. The normalized spacial score (nSPS) is 20.3. The first-order valence-corrected chi connectivity index (χ1v) is 11.7. The highest BCUT2D eigenvalue weighted by molar-refractivity contribution is 5.84. The Balaban J connectivity index is 1.67. The Morgan fingerprint density at radius 1 is 1.03 bits per heavy atom. The van der Waals surface area contributed by atoms with Crippen molar-refractivity contribution >= 4 is 5.78 Å². The summed E-state index contributed by atoms with van der Waals surface area (Å²) in [5.74, 6) is 1.45. The molecule has 1 saturated heterocycles. The number of nitrogens with zero attached hydrogens (tertiary/aromatic N) is 1. The van der Waals surface area contributed by atoms with Gasteiger partial charge in [0.15, 0.2) is 0 Å². The molecule has 1 heterocycles. The molecule has 2 unspecified atom stereocenters. The van der Waals surface area contributed by atoms with Crippen molar-refractivity contribution in [1.29, 1.82) is 0 Å². The van der Waals surface area contributed by atoms with Crippen LogP contribution in [0, 0.1) is 5.92 Å². The number of piperidine rings is 1. The van der Waals surface area contributed by atoms with Crippen molar-refractivity contribution in [2.45, 2.75) is 77.8 Å². The second kappa shape index (κ2) is 9.99. The molecule has 0 bridgehead atoms. The number of carbonyl (C=O) groups is 1. The smallest absolute Gasteiger partial charge is 0.150 e. The number of Topliss-reactive ketones (excluding diaryl/α,β-unsaturated/α-hetero) is 1. The van der Waals surface area contributed by atoms with Gasteiger partial charge < -0.3 is 4.74 Å². The number of hydrogen-bond donors (Lipinski definition) is 0. The van der Waals surface area contributed by atoms with E-state index >= 15 is 0 Å². The Morgan fingerprint density at radius 2 is 1.68 bits per heavy atom. The first-order valence-electron chi connectivity index (χ1n) is 11.7. The molecule has 1 fully saturated rings. The molecule has 2 atom stereocenters. The van der Waals surface area contributed by atoms with Gasteiger partial charge in [-0.05, 0) is 73.8 Å². The summed E-state index contributed by atoms with van der Waals surface area (Å²) in [6, 6.07) is 18.1. The molecule has 1 aliphatic rings. The maximum Gasteiger partial charge on any atom is 0.150 e. The monoisotopic (exact) mass is 421 g/mol. The lowest BCUT2D eigenvalue weighted by molar-refractivity contribution is -0.130. The van der Waals surface area contributed by atoms with E-state index in [1.54, 1.807) is 7.11 Å². The van der Waals surface area contributed by atoms with Crippen LogP contribution >= 0.6 is 0 Å². The van der Waals surface area contributed by atoms with Gasteiger partial charge in [-0.2, -0.15) is 0 Å². The minimum absolute atomic E-state index is 0.153. The fourth-order valence-electron chi connectivity index (χ4n) is 4.65. The lowest BCUT2D eigenvalue weighted by Crippen LogP contribution is -2.46. The summed E-state index contributed by atoms with van der Waals surface area (Å²) < 4.78 is 5.24. The number of ketones is 1. The molecule has 3 heteroatoms. The van der Waals surface area contributed by atoms with Crippen molar-refractivity contribution in [2.75, 3.05) is 13.7 Å². The molecule has 2 aromatic carbocycles. The van der Waals surface area contributed by atoms with Crippen LogP contribution in [-0.4, -0.2) is 30.4 Å². The first kappa shape index (κ1) is 23.5. The van der Waals surface area contributed by atoms with Gasteiger partial charge in [0.25, 0.3) is 0 Å².